The number of aryl methyl sites for hydroxylation is 1. The summed E-state index contributed by atoms with van der Waals surface area (Å²) in [5, 5.41) is 5.65. The molecule has 0 aromatic carbocycles. The second-order valence-corrected chi connectivity index (χ2v) is 3.35. The van der Waals surface area contributed by atoms with E-state index in [1.807, 2.05) is 6.92 Å². The molecule has 0 aliphatic heterocycles. The van der Waals surface area contributed by atoms with Crippen LogP contribution in [0.15, 0.2) is 25.0 Å². The number of aromatic nitrogens is 2. The van der Waals surface area contributed by atoms with Gasteiger partial charge < -0.3 is 10.6 Å². The maximum Gasteiger partial charge on any atom is 0.234 e. The number of nitrogens with one attached hydrogen (secondary N) is 2. The van der Waals surface area contributed by atoms with Crippen LogP contribution in [0.2, 0.25) is 0 Å². The molecule has 0 aliphatic carbocycles. The lowest BCUT2D eigenvalue weighted by atomic mass is 10.4. The lowest BCUT2D eigenvalue weighted by Crippen LogP contribution is -2.33. The molecule has 1 amide bonds. The van der Waals surface area contributed by atoms with Crippen molar-refractivity contribution in [1.82, 2.24) is 20.6 Å². The van der Waals surface area contributed by atoms with Crippen molar-refractivity contribution in [2.75, 3.05) is 13.1 Å². The molecule has 0 fully saturated rings. The first-order chi connectivity index (χ1) is 7.72. The SMILES string of the molecule is C=CCNCC(=O)NCc1cnc(C)cn1. The number of hydrogen-bond donors (Lipinski definition) is 2. The van der Waals surface area contributed by atoms with Gasteiger partial charge in [-0.05, 0) is 6.92 Å². The van der Waals surface area contributed by atoms with Crippen molar-refractivity contribution in [3.8, 4) is 0 Å². The van der Waals surface area contributed by atoms with E-state index in [0.29, 0.717) is 13.1 Å². The Morgan fingerprint density at radius 2 is 2.31 bits per heavy atom. The van der Waals surface area contributed by atoms with Gasteiger partial charge in [0.05, 0.1) is 30.7 Å². The largest absolute Gasteiger partial charge is 0.349 e. The molecule has 16 heavy (non-hydrogen) atoms. The molecule has 86 valence electrons. The van der Waals surface area contributed by atoms with E-state index < -0.39 is 0 Å². The van der Waals surface area contributed by atoms with Gasteiger partial charge in [0.25, 0.3) is 0 Å². The first-order valence-electron chi connectivity index (χ1n) is 5.08. The minimum atomic E-state index is -0.0655. The van der Waals surface area contributed by atoms with Crippen LogP contribution in [0, 0.1) is 6.92 Å². The fourth-order valence-corrected chi connectivity index (χ4v) is 1.05. The first kappa shape index (κ1) is 12.3. The molecular weight excluding hydrogens is 204 g/mol. The molecule has 1 aromatic rings. The van der Waals surface area contributed by atoms with E-state index >= 15 is 0 Å². The van der Waals surface area contributed by atoms with E-state index in [4.69, 9.17) is 0 Å². The molecule has 0 saturated carbocycles. The van der Waals surface area contributed by atoms with Crippen LogP contribution in [0.1, 0.15) is 11.4 Å². The highest BCUT2D eigenvalue weighted by atomic mass is 16.1. The lowest BCUT2D eigenvalue weighted by molar-refractivity contribution is -0.120. The van der Waals surface area contributed by atoms with Gasteiger partial charge in [-0.15, -0.1) is 6.58 Å². The third kappa shape index (κ3) is 4.65. The summed E-state index contributed by atoms with van der Waals surface area (Å²) >= 11 is 0. The van der Waals surface area contributed by atoms with Gasteiger partial charge in [-0.25, -0.2) is 0 Å². The van der Waals surface area contributed by atoms with Crippen LogP contribution < -0.4 is 10.6 Å². The number of carbonyl (C=O) groups is 1. The highest BCUT2D eigenvalue weighted by Crippen LogP contribution is 1.92. The Bertz CT molecular complexity index is 348. The van der Waals surface area contributed by atoms with Crippen LogP contribution >= 0.6 is 0 Å². The van der Waals surface area contributed by atoms with E-state index in [2.05, 4.69) is 27.2 Å². The smallest absolute Gasteiger partial charge is 0.234 e. The van der Waals surface area contributed by atoms with Gasteiger partial charge in [-0.1, -0.05) is 6.08 Å². The summed E-state index contributed by atoms with van der Waals surface area (Å²) in [6.45, 7) is 6.73. The van der Waals surface area contributed by atoms with Crippen LogP contribution in [0.4, 0.5) is 0 Å². The van der Waals surface area contributed by atoms with Crippen LogP contribution in [-0.2, 0) is 11.3 Å². The molecule has 0 bridgehead atoms. The molecule has 1 rings (SSSR count). The summed E-state index contributed by atoms with van der Waals surface area (Å²) in [4.78, 5) is 19.5. The van der Waals surface area contributed by atoms with Gasteiger partial charge in [0.15, 0.2) is 0 Å². The predicted molar refractivity (Wildman–Crippen MR) is 61.7 cm³/mol. The number of carbonyl (C=O) groups excluding carboxylic acids is 1. The standard InChI is InChI=1S/C11H16N4O/c1-3-4-12-8-11(16)15-7-10-6-13-9(2)5-14-10/h3,5-6,12H,1,4,7-8H2,2H3,(H,15,16). The minimum absolute atomic E-state index is 0.0655. The van der Waals surface area contributed by atoms with E-state index in [1.54, 1.807) is 18.5 Å². The summed E-state index contributed by atoms with van der Waals surface area (Å²) in [5.74, 6) is -0.0655. The summed E-state index contributed by atoms with van der Waals surface area (Å²) in [6.07, 6.45) is 5.04. The molecule has 0 atom stereocenters. The molecule has 0 unspecified atom stereocenters. The second kappa shape index (κ2) is 6.68. The van der Waals surface area contributed by atoms with Crippen LogP contribution in [-0.4, -0.2) is 29.0 Å². The van der Waals surface area contributed by atoms with Crippen molar-refractivity contribution < 1.29 is 4.79 Å². The quantitative estimate of drug-likeness (QED) is 0.530. The van der Waals surface area contributed by atoms with E-state index in [9.17, 15) is 4.79 Å². The van der Waals surface area contributed by atoms with Crippen molar-refractivity contribution in [3.05, 3.63) is 36.4 Å². The molecule has 0 saturated heterocycles. The number of amides is 1. The number of rotatable bonds is 6. The van der Waals surface area contributed by atoms with Crippen LogP contribution in [0.25, 0.3) is 0 Å². The molecule has 0 radical (unpaired) electrons. The Morgan fingerprint density at radius 3 is 2.94 bits per heavy atom. The van der Waals surface area contributed by atoms with Crippen molar-refractivity contribution in [1.29, 1.82) is 0 Å². The fraction of sp³-hybridized carbons (Fsp3) is 0.364. The molecule has 5 nitrogen and oxygen atoms in total. The van der Waals surface area contributed by atoms with E-state index in [1.165, 1.54) is 0 Å². The molecule has 0 aliphatic rings. The normalized spacial score (nSPS) is 9.81. The van der Waals surface area contributed by atoms with Crippen LogP contribution in [0.3, 0.4) is 0 Å². The molecule has 0 spiro atoms. The lowest BCUT2D eigenvalue weighted by Gasteiger charge is -2.04. The third-order valence-electron chi connectivity index (χ3n) is 1.88. The van der Waals surface area contributed by atoms with Gasteiger partial charge in [0, 0.05) is 12.7 Å². The summed E-state index contributed by atoms with van der Waals surface area (Å²) in [5.41, 5.74) is 1.62. The molecule has 5 heteroatoms. The Kier molecular flexibility index (Phi) is 5.15. The fourth-order valence-electron chi connectivity index (χ4n) is 1.05. The van der Waals surface area contributed by atoms with Crippen LogP contribution in [0.5, 0.6) is 0 Å². The van der Waals surface area contributed by atoms with Crippen molar-refractivity contribution in [2.45, 2.75) is 13.5 Å². The van der Waals surface area contributed by atoms with Crippen molar-refractivity contribution in [2.24, 2.45) is 0 Å². The minimum Gasteiger partial charge on any atom is -0.349 e. The van der Waals surface area contributed by atoms with E-state index in [-0.39, 0.29) is 12.5 Å². The first-order valence-corrected chi connectivity index (χ1v) is 5.08. The maximum atomic E-state index is 11.3. The zero-order valence-corrected chi connectivity index (χ0v) is 9.36. The zero-order valence-electron chi connectivity index (χ0n) is 9.36. The van der Waals surface area contributed by atoms with Gasteiger partial charge in [-0.2, -0.15) is 0 Å². The van der Waals surface area contributed by atoms with Crippen molar-refractivity contribution in [3.63, 3.8) is 0 Å². The van der Waals surface area contributed by atoms with Gasteiger partial charge in [0.2, 0.25) is 5.91 Å². The average Bonchev–Trinajstić information content (AvgIpc) is 2.29. The average molecular weight is 220 g/mol. The highest BCUT2D eigenvalue weighted by Gasteiger charge is 2.00. The summed E-state index contributed by atoms with van der Waals surface area (Å²) < 4.78 is 0. The van der Waals surface area contributed by atoms with Gasteiger partial charge in [-0.3, -0.25) is 14.8 Å². The maximum absolute atomic E-state index is 11.3. The summed E-state index contributed by atoms with van der Waals surface area (Å²) in [6, 6.07) is 0. The zero-order chi connectivity index (χ0) is 11.8. The number of hydrogen-bond acceptors (Lipinski definition) is 4. The highest BCUT2D eigenvalue weighted by molar-refractivity contribution is 5.77. The number of nitrogens with zero attached hydrogens (tertiary/aromatic N) is 2. The Morgan fingerprint density at radius 1 is 1.50 bits per heavy atom. The Labute approximate surface area is 95.0 Å². The van der Waals surface area contributed by atoms with Gasteiger partial charge in [0.1, 0.15) is 0 Å². The second-order valence-electron chi connectivity index (χ2n) is 3.35. The Balaban J connectivity index is 2.26. The molecular formula is C11H16N4O. The van der Waals surface area contributed by atoms with E-state index in [0.717, 1.165) is 11.4 Å². The Hall–Kier alpha value is -1.75. The monoisotopic (exact) mass is 220 g/mol. The predicted octanol–water partition coefficient (Wildman–Crippen LogP) is 0.177. The third-order valence-corrected chi connectivity index (χ3v) is 1.88. The molecule has 2 N–H and O–H groups in total. The molecule has 1 heterocycles. The summed E-state index contributed by atoms with van der Waals surface area (Å²) in [7, 11) is 0. The van der Waals surface area contributed by atoms with Gasteiger partial charge >= 0.3 is 0 Å². The molecule has 1 aromatic heterocycles. The van der Waals surface area contributed by atoms with Crippen molar-refractivity contribution >= 4 is 5.91 Å². The topological polar surface area (TPSA) is 66.9 Å².